The Morgan fingerprint density at radius 3 is 2.79 bits per heavy atom. The van der Waals surface area contributed by atoms with Crippen LogP contribution in [0.4, 0.5) is 5.69 Å². The van der Waals surface area contributed by atoms with Crippen molar-refractivity contribution in [3.8, 4) is 5.75 Å². The molecule has 0 atom stereocenters. The molecule has 0 fully saturated rings. The number of amides is 2. The molecule has 5 heteroatoms. The van der Waals surface area contributed by atoms with E-state index >= 15 is 0 Å². The van der Waals surface area contributed by atoms with Crippen molar-refractivity contribution < 1.29 is 14.3 Å². The monoisotopic (exact) mass is 324 g/mol. The van der Waals surface area contributed by atoms with Crippen LogP contribution < -0.4 is 15.0 Å². The summed E-state index contributed by atoms with van der Waals surface area (Å²) in [4.78, 5) is 25.8. The van der Waals surface area contributed by atoms with E-state index in [1.165, 1.54) is 5.56 Å². The van der Waals surface area contributed by atoms with Gasteiger partial charge in [-0.2, -0.15) is 0 Å². The second-order valence-corrected chi connectivity index (χ2v) is 5.73. The maximum absolute atomic E-state index is 12.3. The Bertz CT molecular complexity index is 744. The summed E-state index contributed by atoms with van der Waals surface area (Å²) in [5, 5.41) is 2.91. The van der Waals surface area contributed by atoms with Crippen LogP contribution in [0.5, 0.6) is 5.75 Å². The number of carbonyl (C=O) groups excluding carboxylic acids is 2. The van der Waals surface area contributed by atoms with Crippen LogP contribution in [-0.2, 0) is 11.2 Å². The van der Waals surface area contributed by atoms with Crippen LogP contribution in [0.3, 0.4) is 0 Å². The third-order valence-corrected chi connectivity index (χ3v) is 4.07. The number of benzene rings is 2. The smallest absolute Gasteiger partial charge is 0.251 e. The normalized spacial score (nSPS) is 13.7. The molecule has 5 nitrogen and oxygen atoms in total. The van der Waals surface area contributed by atoms with Crippen molar-refractivity contribution in [2.24, 2.45) is 0 Å². The first-order valence-electron chi connectivity index (χ1n) is 8.00. The van der Waals surface area contributed by atoms with Crippen LogP contribution in [0.2, 0.25) is 0 Å². The van der Waals surface area contributed by atoms with Crippen molar-refractivity contribution in [1.82, 2.24) is 5.32 Å². The van der Waals surface area contributed by atoms with Gasteiger partial charge in [-0.15, -0.1) is 0 Å². The first-order valence-corrected chi connectivity index (χ1v) is 8.00. The van der Waals surface area contributed by atoms with Crippen LogP contribution in [0.1, 0.15) is 22.3 Å². The number of hydrogen-bond donors (Lipinski definition) is 1. The second-order valence-electron chi connectivity index (χ2n) is 5.73. The molecule has 3 rings (SSSR count). The minimum Gasteiger partial charge on any atom is -0.491 e. The van der Waals surface area contributed by atoms with Crippen LogP contribution in [0, 0.1) is 0 Å². The van der Waals surface area contributed by atoms with Crippen LogP contribution in [0.25, 0.3) is 0 Å². The highest BCUT2D eigenvalue weighted by Gasteiger charge is 2.21. The van der Waals surface area contributed by atoms with Gasteiger partial charge in [0.1, 0.15) is 5.75 Å². The molecule has 1 heterocycles. The Morgan fingerprint density at radius 1 is 1.21 bits per heavy atom. The average molecular weight is 324 g/mol. The Hall–Kier alpha value is -2.82. The molecule has 2 amide bonds. The molecule has 2 aromatic carbocycles. The molecule has 0 aliphatic carbocycles. The molecule has 0 unspecified atom stereocenters. The highest BCUT2D eigenvalue weighted by molar-refractivity contribution is 5.99. The summed E-state index contributed by atoms with van der Waals surface area (Å²) >= 11 is 0. The molecule has 0 aromatic heterocycles. The number of ether oxygens (including phenoxy) is 1. The Kier molecular flexibility index (Phi) is 4.79. The van der Waals surface area contributed by atoms with Gasteiger partial charge in [0.2, 0.25) is 5.91 Å². The van der Waals surface area contributed by atoms with Gasteiger partial charge < -0.3 is 15.0 Å². The van der Waals surface area contributed by atoms with E-state index < -0.39 is 0 Å². The first kappa shape index (κ1) is 16.1. The molecule has 24 heavy (non-hydrogen) atoms. The van der Waals surface area contributed by atoms with E-state index in [1.54, 1.807) is 30.1 Å². The molecule has 1 aliphatic rings. The number of rotatable bonds is 4. The lowest BCUT2D eigenvalue weighted by Gasteiger charge is -2.17. The number of hydrogen-bond acceptors (Lipinski definition) is 3. The Morgan fingerprint density at radius 2 is 2.00 bits per heavy atom. The summed E-state index contributed by atoms with van der Waals surface area (Å²) in [6.45, 7) is 0.921. The van der Waals surface area contributed by atoms with E-state index in [9.17, 15) is 9.59 Å². The number of carbonyl (C=O) groups is 2. The lowest BCUT2D eigenvalue weighted by molar-refractivity contribution is -0.118. The first-order chi connectivity index (χ1) is 11.6. The fourth-order valence-corrected chi connectivity index (χ4v) is 2.66. The zero-order valence-corrected chi connectivity index (χ0v) is 13.6. The summed E-state index contributed by atoms with van der Waals surface area (Å²) in [5.74, 6) is 0.457. The molecule has 0 radical (unpaired) electrons. The van der Waals surface area contributed by atoms with Gasteiger partial charge in [-0.1, -0.05) is 30.3 Å². The highest BCUT2D eigenvalue weighted by Crippen LogP contribution is 2.31. The predicted molar refractivity (Wildman–Crippen MR) is 92.4 cm³/mol. The van der Waals surface area contributed by atoms with E-state index in [4.69, 9.17) is 4.74 Å². The quantitative estimate of drug-likeness (QED) is 0.939. The van der Waals surface area contributed by atoms with E-state index in [1.807, 2.05) is 30.3 Å². The van der Waals surface area contributed by atoms with Crippen molar-refractivity contribution >= 4 is 17.5 Å². The lowest BCUT2D eigenvalue weighted by atomic mass is 10.1. The van der Waals surface area contributed by atoms with Crippen LogP contribution >= 0.6 is 0 Å². The molecule has 1 aliphatic heterocycles. The lowest BCUT2D eigenvalue weighted by Crippen LogP contribution is -2.27. The zero-order chi connectivity index (χ0) is 16.9. The Balaban J connectivity index is 1.67. The van der Waals surface area contributed by atoms with E-state index in [-0.39, 0.29) is 11.8 Å². The van der Waals surface area contributed by atoms with Gasteiger partial charge in [-0.05, 0) is 30.2 Å². The molecule has 0 saturated heterocycles. The molecule has 124 valence electrons. The van der Waals surface area contributed by atoms with Crippen LogP contribution in [-0.4, -0.2) is 32.0 Å². The van der Waals surface area contributed by atoms with Crippen molar-refractivity contribution in [2.45, 2.75) is 12.8 Å². The van der Waals surface area contributed by atoms with E-state index in [0.717, 1.165) is 6.42 Å². The standard InChI is InChI=1S/C19H20N2O3/c1-21-16-13-15(7-8-17(16)24-12-10-18(21)22)19(23)20-11-9-14-5-3-2-4-6-14/h2-8,13H,9-12H2,1H3,(H,20,23). The van der Waals surface area contributed by atoms with Gasteiger partial charge in [-0.3, -0.25) is 9.59 Å². The molecule has 2 aromatic rings. The number of nitrogens with zero attached hydrogens (tertiary/aromatic N) is 1. The SMILES string of the molecule is CN1C(=O)CCOc2ccc(C(=O)NCCc3ccccc3)cc21. The molecule has 1 N–H and O–H groups in total. The fourth-order valence-electron chi connectivity index (χ4n) is 2.66. The summed E-state index contributed by atoms with van der Waals surface area (Å²) in [6, 6.07) is 15.2. The maximum Gasteiger partial charge on any atom is 0.251 e. The third kappa shape index (κ3) is 3.56. The van der Waals surface area contributed by atoms with Crippen molar-refractivity contribution in [3.05, 3.63) is 59.7 Å². The van der Waals surface area contributed by atoms with Gasteiger partial charge in [0.15, 0.2) is 0 Å². The third-order valence-electron chi connectivity index (χ3n) is 4.07. The summed E-state index contributed by atoms with van der Waals surface area (Å²) < 4.78 is 5.57. The second kappa shape index (κ2) is 7.17. The van der Waals surface area contributed by atoms with Crippen LogP contribution in [0.15, 0.2) is 48.5 Å². The number of nitrogens with one attached hydrogen (secondary N) is 1. The summed E-state index contributed by atoms with van der Waals surface area (Å²) in [5.41, 5.74) is 2.33. The van der Waals surface area contributed by atoms with Gasteiger partial charge >= 0.3 is 0 Å². The minimum atomic E-state index is -0.154. The summed E-state index contributed by atoms with van der Waals surface area (Å²) in [7, 11) is 1.70. The molecular formula is C19H20N2O3. The van der Waals surface area contributed by atoms with Crippen molar-refractivity contribution in [2.75, 3.05) is 25.1 Å². The fraction of sp³-hybridized carbons (Fsp3) is 0.263. The van der Waals surface area contributed by atoms with Gasteiger partial charge in [0.05, 0.1) is 18.7 Å². The maximum atomic E-state index is 12.3. The number of fused-ring (bicyclic) bond motifs is 1. The van der Waals surface area contributed by atoms with Crippen molar-refractivity contribution in [1.29, 1.82) is 0 Å². The highest BCUT2D eigenvalue weighted by atomic mass is 16.5. The minimum absolute atomic E-state index is 0.0182. The Labute approximate surface area is 141 Å². The summed E-state index contributed by atoms with van der Waals surface area (Å²) in [6.07, 6.45) is 1.11. The van der Waals surface area contributed by atoms with E-state index in [0.29, 0.717) is 36.6 Å². The largest absolute Gasteiger partial charge is 0.491 e. The molecule has 0 saturated carbocycles. The van der Waals surface area contributed by atoms with Gasteiger partial charge in [0, 0.05) is 19.2 Å². The average Bonchev–Trinajstić information content (AvgIpc) is 2.75. The van der Waals surface area contributed by atoms with E-state index in [2.05, 4.69) is 5.32 Å². The van der Waals surface area contributed by atoms with Crippen molar-refractivity contribution in [3.63, 3.8) is 0 Å². The van der Waals surface area contributed by atoms with Gasteiger partial charge in [0.25, 0.3) is 5.91 Å². The van der Waals surface area contributed by atoms with Gasteiger partial charge in [-0.25, -0.2) is 0 Å². The zero-order valence-electron chi connectivity index (χ0n) is 13.6. The topological polar surface area (TPSA) is 58.6 Å². The molecular weight excluding hydrogens is 304 g/mol. The molecule has 0 bridgehead atoms. The number of anilines is 1. The predicted octanol–water partition coefficient (Wildman–Crippen LogP) is 2.40. The molecule has 0 spiro atoms.